The summed E-state index contributed by atoms with van der Waals surface area (Å²) in [5.41, 5.74) is 2.43. The standard InChI is InChI=1S/C14H16N2O5/c17-12(18)6-11(13(19)20)16-14(21)15-7-9-5-8-3-1-2-4-10(8)9/h1-4,9,11H,5-7H2,(H,17,18)(H,19,20)(H2,15,16,21)/t9?,11-/m1/s1. The van der Waals surface area contributed by atoms with Crippen LogP contribution in [0.1, 0.15) is 23.5 Å². The van der Waals surface area contributed by atoms with Crippen LogP contribution in [-0.4, -0.2) is 40.8 Å². The Morgan fingerprint density at radius 3 is 2.57 bits per heavy atom. The minimum atomic E-state index is -1.43. The van der Waals surface area contributed by atoms with Gasteiger partial charge in [-0.2, -0.15) is 0 Å². The number of fused-ring (bicyclic) bond motifs is 1. The first-order chi connectivity index (χ1) is 9.97. The molecule has 7 nitrogen and oxygen atoms in total. The molecule has 112 valence electrons. The zero-order chi connectivity index (χ0) is 15.4. The zero-order valence-corrected chi connectivity index (χ0v) is 11.2. The summed E-state index contributed by atoms with van der Waals surface area (Å²) in [5, 5.41) is 22.1. The number of carbonyl (C=O) groups is 3. The van der Waals surface area contributed by atoms with Gasteiger partial charge < -0.3 is 20.8 Å². The number of nitrogens with one attached hydrogen (secondary N) is 2. The fourth-order valence-corrected chi connectivity index (χ4v) is 2.34. The molecule has 7 heteroatoms. The zero-order valence-electron chi connectivity index (χ0n) is 11.2. The van der Waals surface area contributed by atoms with E-state index < -0.39 is 30.4 Å². The normalized spacial score (nSPS) is 17.0. The molecule has 1 unspecified atom stereocenters. The van der Waals surface area contributed by atoms with Gasteiger partial charge in [0.2, 0.25) is 0 Å². The highest BCUT2D eigenvalue weighted by Crippen LogP contribution is 2.33. The second-order valence-electron chi connectivity index (χ2n) is 4.94. The molecule has 1 aromatic rings. The molecule has 0 aliphatic heterocycles. The Hall–Kier alpha value is -2.57. The number of carbonyl (C=O) groups excluding carboxylic acids is 1. The van der Waals surface area contributed by atoms with Crippen molar-refractivity contribution in [3.05, 3.63) is 35.4 Å². The fourth-order valence-electron chi connectivity index (χ4n) is 2.34. The number of benzene rings is 1. The van der Waals surface area contributed by atoms with E-state index in [2.05, 4.69) is 10.6 Å². The predicted molar refractivity (Wildman–Crippen MR) is 73.1 cm³/mol. The number of aliphatic carboxylic acids is 2. The second-order valence-corrected chi connectivity index (χ2v) is 4.94. The van der Waals surface area contributed by atoms with Crippen LogP contribution in [-0.2, 0) is 16.0 Å². The Bertz CT molecular complexity index is 572. The number of hydrogen-bond acceptors (Lipinski definition) is 3. The molecule has 1 aliphatic rings. The summed E-state index contributed by atoms with van der Waals surface area (Å²) >= 11 is 0. The highest BCUT2D eigenvalue weighted by atomic mass is 16.4. The van der Waals surface area contributed by atoms with Gasteiger partial charge in [0.25, 0.3) is 0 Å². The summed E-state index contributed by atoms with van der Waals surface area (Å²) in [6, 6.07) is 5.80. The van der Waals surface area contributed by atoms with Crippen molar-refractivity contribution in [1.82, 2.24) is 10.6 Å². The minimum absolute atomic E-state index is 0.217. The Morgan fingerprint density at radius 2 is 1.95 bits per heavy atom. The summed E-state index contributed by atoms with van der Waals surface area (Å²) in [6.45, 7) is 0.391. The number of carboxylic acids is 2. The monoisotopic (exact) mass is 292 g/mol. The summed E-state index contributed by atoms with van der Waals surface area (Å²) < 4.78 is 0. The van der Waals surface area contributed by atoms with E-state index in [4.69, 9.17) is 10.2 Å². The number of urea groups is 1. The molecule has 2 rings (SSSR count). The van der Waals surface area contributed by atoms with Gasteiger partial charge in [-0.3, -0.25) is 4.79 Å². The summed E-state index contributed by atoms with van der Waals surface area (Å²) in [4.78, 5) is 33.0. The smallest absolute Gasteiger partial charge is 0.326 e. The average Bonchev–Trinajstić information content (AvgIpc) is 2.38. The van der Waals surface area contributed by atoms with Crippen molar-refractivity contribution < 1.29 is 24.6 Å². The molecule has 0 saturated carbocycles. The molecule has 2 atom stereocenters. The first kappa shape index (κ1) is 14.8. The third kappa shape index (κ3) is 3.71. The molecule has 0 spiro atoms. The maximum atomic E-state index is 11.6. The van der Waals surface area contributed by atoms with E-state index >= 15 is 0 Å². The topological polar surface area (TPSA) is 116 Å². The van der Waals surface area contributed by atoms with Crippen LogP contribution < -0.4 is 10.6 Å². The molecule has 0 bridgehead atoms. The number of carboxylic acid groups (broad SMARTS) is 2. The SMILES string of the molecule is O=C(O)C[C@@H](NC(=O)NCC1Cc2ccccc21)C(=O)O. The molecular weight excluding hydrogens is 276 g/mol. The lowest BCUT2D eigenvalue weighted by molar-refractivity contribution is -0.145. The number of amides is 2. The highest BCUT2D eigenvalue weighted by molar-refractivity contribution is 5.86. The van der Waals surface area contributed by atoms with E-state index in [-0.39, 0.29) is 5.92 Å². The summed E-state index contributed by atoms with van der Waals surface area (Å²) in [6.07, 6.45) is 0.211. The van der Waals surface area contributed by atoms with E-state index in [0.717, 1.165) is 6.42 Å². The van der Waals surface area contributed by atoms with E-state index in [1.807, 2.05) is 24.3 Å². The number of hydrogen-bond donors (Lipinski definition) is 4. The van der Waals surface area contributed by atoms with Gasteiger partial charge in [0.1, 0.15) is 6.04 Å². The first-order valence-corrected chi connectivity index (χ1v) is 6.54. The first-order valence-electron chi connectivity index (χ1n) is 6.54. The molecule has 0 saturated heterocycles. The Kier molecular flexibility index (Phi) is 4.42. The van der Waals surface area contributed by atoms with Gasteiger partial charge in [-0.05, 0) is 17.5 Å². The van der Waals surface area contributed by atoms with Gasteiger partial charge >= 0.3 is 18.0 Å². The second kappa shape index (κ2) is 6.25. The van der Waals surface area contributed by atoms with Gasteiger partial charge in [0.05, 0.1) is 6.42 Å². The summed E-state index contributed by atoms with van der Waals surface area (Å²) in [7, 11) is 0. The van der Waals surface area contributed by atoms with Gasteiger partial charge in [-0.25, -0.2) is 9.59 Å². The molecule has 21 heavy (non-hydrogen) atoms. The molecule has 0 radical (unpaired) electrons. The maximum absolute atomic E-state index is 11.6. The Morgan fingerprint density at radius 1 is 1.24 bits per heavy atom. The van der Waals surface area contributed by atoms with Crippen LogP contribution in [0.2, 0.25) is 0 Å². The third-order valence-electron chi connectivity index (χ3n) is 3.45. The summed E-state index contributed by atoms with van der Waals surface area (Å²) in [5.74, 6) is -2.44. The largest absolute Gasteiger partial charge is 0.481 e. The average molecular weight is 292 g/mol. The molecular formula is C14H16N2O5. The van der Waals surface area contributed by atoms with E-state index in [9.17, 15) is 14.4 Å². The van der Waals surface area contributed by atoms with Crippen LogP contribution in [0.25, 0.3) is 0 Å². The maximum Gasteiger partial charge on any atom is 0.326 e. The predicted octanol–water partition coefficient (Wildman–Crippen LogP) is 0.553. The quantitative estimate of drug-likeness (QED) is 0.611. The highest BCUT2D eigenvalue weighted by Gasteiger charge is 2.27. The molecule has 0 heterocycles. The van der Waals surface area contributed by atoms with Crippen LogP contribution in [0.3, 0.4) is 0 Å². The van der Waals surface area contributed by atoms with Gasteiger partial charge in [-0.1, -0.05) is 24.3 Å². The third-order valence-corrected chi connectivity index (χ3v) is 3.45. The Labute approximate surface area is 121 Å². The van der Waals surface area contributed by atoms with Crippen LogP contribution in [0.5, 0.6) is 0 Å². The van der Waals surface area contributed by atoms with Crippen molar-refractivity contribution >= 4 is 18.0 Å². The van der Waals surface area contributed by atoms with Gasteiger partial charge in [-0.15, -0.1) is 0 Å². The van der Waals surface area contributed by atoms with Crippen molar-refractivity contribution in [2.75, 3.05) is 6.54 Å². The van der Waals surface area contributed by atoms with Crippen LogP contribution in [0.4, 0.5) is 4.79 Å². The molecule has 4 N–H and O–H groups in total. The van der Waals surface area contributed by atoms with Crippen molar-refractivity contribution in [2.24, 2.45) is 0 Å². The van der Waals surface area contributed by atoms with E-state index in [0.29, 0.717) is 6.54 Å². The van der Waals surface area contributed by atoms with Crippen molar-refractivity contribution in [1.29, 1.82) is 0 Å². The molecule has 1 aliphatic carbocycles. The lowest BCUT2D eigenvalue weighted by Gasteiger charge is -2.30. The lowest BCUT2D eigenvalue weighted by Crippen LogP contribution is -2.48. The molecule has 1 aromatic carbocycles. The minimum Gasteiger partial charge on any atom is -0.481 e. The molecule has 0 aromatic heterocycles. The Balaban J connectivity index is 1.80. The number of rotatable bonds is 6. The van der Waals surface area contributed by atoms with Crippen molar-refractivity contribution in [3.8, 4) is 0 Å². The lowest BCUT2D eigenvalue weighted by atomic mass is 9.78. The van der Waals surface area contributed by atoms with Crippen LogP contribution >= 0.6 is 0 Å². The van der Waals surface area contributed by atoms with Gasteiger partial charge in [0, 0.05) is 12.5 Å². The fraction of sp³-hybridized carbons (Fsp3) is 0.357. The van der Waals surface area contributed by atoms with Crippen LogP contribution in [0.15, 0.2) is 24.3 Å². The molecule has 0 fully saturated rings. The van der Waals surface area contributed by atoms with Crippen LogP contribution in [0, 0.1) is 0 Å². The molecule has 2 amide bonds. The van der Waals surface area contributed by atoms with E-state index in [1.54, 1.807) is 0 Å². The van der Waals surface area contributed by atoms with Crippen molar-refractivity contribution in [3.63, 3.8) is 0 Å². The van der Waals surface area contributed by atoms with E-state index in [1.165, 1.54) is 11.1 Å². The van der Waals surface area contributed by atoms with Gasteiger partial charge in [0.15, 0.2) is 0 Å². The van der Waals surface area contributed by atoms with Crippen molar-refractivity contribution in [2.45, 2.75) is 24.8 Å².